The molecule has 1 saturated carbocycles. The van der Waals surface area contributed by atoms with E-state index in [0.717, 1.165) is 12.8 Å². The van der Waals surface area contributed by atoms with Crippen molar-refractivity contribution < 1.29 is 24.4 Å². The second kappa shape index (κ2) is 8.18. The minimum Gasteiger partial charge on any atom is -0.477 e. The number of likely N-dealkylation sites (tertiary alicyclic amines) is 1. The number of H-pyrrole nitrogens is 1. The zero-order valence-corrected chi connectivity index (χ0v) is 17.7. The summed E-state index contributed by atoms with van der Waals surface area (Å²) in [6.07, 6.45) is 6.28. The fourth-order valence-electron chi connectivity index (χ4n) is 3.82. The molecule has 3 heterocycles. The van der Waals surface area contributed by atoms with Crippen LogP contribution in [-0.2, 0) is 11.3 Å². The van der Waals surface area contributed by atoms with Gasteiger partial charge in [-0.3, -0.25) is 9.59 Å². The molecule has 2 aliphatic rings. The molecule has 1 saturated heterocycles. The molecule has 0 aromatic carbocycles. The first kappa shape index (κ1) is 21.1. The van der Waals surface area contributed by atoms with Gasteiger partial charge in [0.2, 0.25) is 11.5 Å². The van der Waals surface area contributed by atoms with Gasteiger partial charge in [-0.05, 0) is 31.3 Å². The van der Waals surface area contributed by atoms with Crippen LogP contribution in [0.15, 0.2) is 17.1 Å². The molecule has 2 fully saturated rings. The van der Waals surface area contributed by atoms with E-state index in [1.807, 2.05) is 13.8 Å². The Balaban J connectivity index is 1.75. The molecule has 2 aromatic rings. The number of hydrogen-bond donors (Lipinski definition) is 4. The summed E-state index contributed by atoms with van der Waals surface area (Å²) >= 11 is 0. The highest BCUT2D eigenvalue weighted by atomic mass is 16.3. The topological polar surface area (TPSA) is 131 Å². The van der Waals surface area contributed by atoms with Gasteiger partial charge in [-0.25, -0.2) is 9.89 Å². The minimum absolute atomic E-state index is 0.0443. The first-order valence-electron chi connectivity index (χ1n) is 10.6. The van der Waals surface area contributed by atoms with E-state index in [1.54, 1.807) is 17.2 Å². The van der Waals surface area contributed by atoms with Crippen molar-refractivity contribution in [3.05, 3.63) is 33.8 Å². The molecule has 1 atom stereocenters. The van der Waals surface area contributed by atoms with E-state index < -0.39 is 17.6 Å². The van der Waals surface area contributed by atoms with E-state index in [9.17, 15) is 24.6 Å². The number of aromatic amines is 1. The van der Waals surface area contributed by atoms with Crippen LogP contribution in [0.1, 0.15) is 49.0 Å². The van der Waals surface area contributed by atoms with Crippen LogP contribution in [-0.4, -0.2) is 61.8 Å². The van der Waals surface area contributed by atoms with Crippen LogP contribution < -0.4 is 15.4 Å². The summed E-state index contributed by atoms with van der Waals surface area (Å²) in [5.74, 6) is -1.10. The van der Waals surface area contributed by atoms with E-state index in [2.05, 4.69) is 10.4 Å². The van der Waals surface area contributed by atoms with Gasteiger partial charge in [0.1, 0.15) is 0 Å². The molecule has 0 bridgehead atoms. The van der Waals surface area contributed by atoms with E-state index in [-0.39, 0.29) is 29.3 Å². The molecule has 0 unspecified atom stereocenters. The third-order valence-corrected chi connectivity index (χ3v) is 5.54. The van der Waals surface area contributed by atoms with Crippen molar-refractivity contribution in [3.8, 4) is 5.88 Å². The zero-order chi connectivity index (χ0) is 22.3. The number of β-amino-alcohol motifs (C(OH)–C–C–N with tert-alkyl or cyclic N) is 1. The number of nitrogens with zero attached hydrogens (tertiary/aromatic N) is 3. The lowest BCUT2D eigenvalue weighted by Gasteiger charge is -2.12. The second-order valence-corrected chi connectivity index (χ2v) is 8.70. The molecule has 10 nitrogen and oxygen atoms in total. The number of aliphatic hydroxyl groups excluding tert-OH is 1. The number of hydrogen-bond acceptors (Lipinski definition) is 5. The number of amides is 2. The quantitative estimate of drug-likeness (QED) is 0.372. The van der Waals surface area contributed by atoms with Gasteiger partial charge in [-0.1, -0.05) is 18.4 Å². The van der Waals surface area contributed by atoms with E-state index in [0.29, 0.717) is 37.3 Å². The van der Waals surface area contributed by atoms with Crippen molar-refractivity contribution >= 4 is 23.5 Å². The van der Waals surface area contributed by atoms with E-state index in [1.165, 1.54) is 15.2 Å². The van der Waals surface area contributed by atoms with Gasteiger partial charge in [0.25, 0.3) is 5.91 Å². The molecule has 4 N–H and O–H groups in total. The summed E-state index contributed by atoms with van der Waals surface area (Å²) in [5, 5.41) is 26.1. The second-order valence-electron chi connectivity index (χ2n) is 8.70. The zero-order valence-electron chi connectivity index (χ0n) is 17.7. The Labute approximate surface area is 178 Å². The first-order chi connectivity index (χ1) is 14.8. The molecular weight excluding hydrogens is 402 g/mol. The van der Waals surface area contributed by atoms with Gasteiger partial charge in [0.05, 0.1) is 24.4 Å². The predicted octanol–water partition coefficient (Wildman–Crippen LogP) is -0.225. The molecule has 31 heavy (non-hydrogen) atoms. The highest BCUT2D eigenvalue weighted by Crippen LogP contribution is 2.21. The van der Waals surface area contributed by atoms with Gasteiger partial charge in [-0.2, -0.15) is 4.57 Å². The van der Waals surface area contributed by atoms with Crippen molar-refractivity contribution in [1.29, 1.82) is 0 Å². The van der Waals surface area contributed by atoms with E-state index in [4.69, 9.17) is 0 Å². The fourth-order valence-corrected chi connectivity index (χ4v) is 3.82. The molecule has 1 aliphatic carbocycles. The lowest BCUT2D eigenvalue weighted by molar-refractivity contribution is -0.686. The maximum Gasteiger partial charge on any atom is 0.378 e. The van der Waals surface area contributed by atoms with Gasteiger partial charge in [0, 0.05) is 25.2 Å². The SMILES string of the molecule is CC(C)C[n+]1c(O)c(C(=O)NC2CC2)c(=O)n2[nH]cc(/C=C/C(=O)N3CC[C@H](O)C3)c21. The summed E-state index contributed by atoms with van der Waals surface area (Å²) in [5.41, 5.74) is -0.0659. The summed E-state index contributed by atoms with van der Waals surface area (Å²) < 4.78 is 2.74. The molecule has 166 valence electrons. The van der Waals surface area contributed by atoms with Crippen molar-refractivity contribution in [2.24, 2.45) is 5.92 Å². The maximum absolute atomic E-state index is 13.0. The lowest BCUT2D eigenvalue weighted by Crippen LogP contribution is -2.46. The summed E-state index contributed by atoms with van der Waals surface area (Å²) in [7, 11) is 0. The van der Waals surface area contributed by atoms with Crippen molar-refractivity contribution in [2.45, 2.75) is 51.8 Å². The molecule has 0 spiro atoms. The fraction of sp³-hybridized carbons (Fsp3) is 0.524. The first-order valence-corrected chi connectivity index (χ1v) is 10.6. The lowest BCUT2D eigenvalue weighted by atomic mass is 10.2. The third-order valence-electron chi connectivity index (χ3n) is 5.54. The van der Waals surface area contributed by atoms with E-state index >= 15 is 0 Å². The number of aromatic hydroxyl groups is 1. The smallest absolute Gasteiger partial charge is 0.378 e. The number of carbonyl (C=O) groups excluding carboxylic acids is 2. The van der Waals surface area contributed by atoms with Crippen LogP contribution in [0, 0.1) is 5.92 Å². The van der Waals surface area contributed by atoms with Gasteiger partial charge in [0.15, 0.2) is 0 Å². The molecular formula is C21H28N5O5+. The van der Waals surface area contributed by atoms with Crippen LogP contribution in [0.4, 0.5) is 0 Å². The third kappa shape index (κ3) is 4.20. The number of fused-ring (bicyclic) bond motifs is 1. The molecule has 2 amide bonds. The van der Waals surface area contributed by atoms with Crippen molar-refractivity contribution in [3.63, 3.8) is 0 Å². The Kier molecular flexibility index (Phi) is 5.57. The molecule has 4 rings (SSSR count). The highest BCUT2D eigenvalue weighted by molar-refractivity contribution is 5.96. The summed E-state index contributed by atoms with van der Waals surface area (Å²) in [6, 6.07) is 0.0443. The largest absolute Gasteiger partial charge is 0.477 e. The maximum atomic E-state index is 13.0. The van der Waals surface area contributed by atoms with Crippen LogP contribution >= 0.6 is 0 Å². The Morgan fingerprint density at radius 2 is 2.10 bits per heavy atom. The molecule has 10 heteroatoms. The van der Waals surface area contributed by atoms with Gasteiger partial charge < -0.3 is 20.4 Å². The number of rotatable bonds is 6. The van der Waals surface area contributed by atoms with Crippen LogP contribution in [0.3, 0.4) is 0 Å². The Morgan fingerprint density at radius 1 is 1.35 bits per heavy atom. The van der Waals surface area contributed by atoms with Gasteiger partial charge in [-0.15, -0.1) is 0 Å². The van der Waals surface area contributed by atoms with Crippen LogP contribution in [0.25, 0.3) is 11.7 Å². The molecule has 0 radical (unpaired) electrons. The normalized spacial score (nSPS) is 19.1. The Morgan fingerprint density at radius 3 is 2.71 bits per heavy atom. The average molecular weight is 430 g/mol. The summed E-state index contributed by atoms with van der Waals surface area (Å²) in [6.45, 7) is 5.07. The Bertz CT molecular complexity index is 1110. The summed E-state index contributed by atoms with van der Waals surface area (Å²) in [4.78, 5) is 39.6. The van der Waals surface area contributed by atoms with Gasteiger partial charge >= 0.3 is 17.1 Å². The number of aromatic nitrogens is 3. The highest BCUT2D eigenvalue weighted by Gasteiger charge is 2.34. The van der Waals surface area contributed by atoms with Crippen molar-refractivity contribution in [1.82, 2.24) is 19.8 Å². The standard InChI is InChI=1S/C21H27N5O5/c1-12(2)10-25-19-13(3-6-16(28)24-8-7-15(27)11-24)9-22-26(19)21(31)17(20(25)30)18(29)23-14-4-5-14/h3,6,9,12,14-15,27H,4-5,7-8,10-11H2,1-2H3,(H2,23,29,30,31)/p+1/b6-3+/t15-/m0/s1. The molecule has 1 aliphatic heterocycles. The number of carbonyl (C=O) groups is 2. The van der Waals surface area contributed by atoms with Crippen molar-refractivity contribution in [2.75, 3.05) is 13.1 Å². The minimum atomic E-state index is -0.653. The monoisotopic (exact) mass is 430 g/mol. The van der Waals surface area contributed by atoms with Crippen LogP contribution in [0.2, 0.25) is 0 Å². The van der Waals surface area contributed by atoms with Crippen LogP contribution in [0.5, 0.6) is 5.88 Å². The Hall–Kier alpha value is -3.14. The average Bonchev–Trinajstić information content (AvgIpc) is 3.24. The predicted molar refractivity (Wildman–Crippen MR) is 111 cm³/mol. The number of aliphatic hydroxyl groups is 1. The molecule has 2 aromatic heterocycles. The number of nitrogens with one attached hydrogen (secondary N) is 2.